The van der Waals surface area contributed by atoms with Crippen LogP contribution in [0, 0.1) is 5.92 Å². The number of nitrogens with zero attached hydrogens (tertiary/aromatic N) is 1. The van der Waals surface area contributed by atoms with E-state index in [4.69, 9.17) is 10.6 Å². The number of ether oxygens (including phenoxy) is 1. The van der Waals surface area contributed by atoms with E-state index >= 15 is 0 Å². The van der Waals surface area contributed by atoms with E-state index in [1.165, 1.54) is 16.3 Å². The maximum Gasteiger partial charge on any atom is 0.0495 e. The van der Waals surface area contributed by atoms with Gasteiger partial charge in [-0.05, 0) is 35.8 Å². The first-order valence-electron chi connectivity index (χ1n) is 6.75. The second-order valence-corrected chi connectivity index (χ2v) is 5.13. The van der Waals surface area contributed by atoms with E-state index in [0.717, 1.165) is 26.1 Å². The van der Waals surface area contributed by atoms with Crippen molar-refractivity contribution in [1.29, 1.82) is 0 Å². The Balaban J connectivity index is 1.91. The average molecular weight is 257 g/mol. The molecule has 2 atom stereocenters. The largest absolute Gasteiger partial charge is 0.381 e. The number of hydrogen-bond donors (Lipinski definition) is 2. The second kappa shape index (κ2) is 5.65. The fourth-order valence-electron chi connectivity index (χ4n) is 2.83. The Hall–Kier alpha value is -1.49. The molecule has 1 aromatic carbocycles. The minimum Gasteiger partial charge on any atom is -0.381 e. The van der Waals surface area contributed by atoms with Crippen molar-refractivity contribution in [2.75, 3.05) is 13.2 Å². The summed E-state index contributed by atoms with van der Waals surface area (Å²) < 4.78 is 5.44. The first-order chi connectivity index (χ1) is 9.38. The Labute approximate surface area is 112 Å². The lowest BCUT2D eigenvalue weighted by Crippen LogP contribution is -2.30. The van der Waals surface area contributed by atoms with E-state index in [9.17, 15) is 0 Å². The van der Waals surface area contributed by atoms with Gasteiger partial charge in [0.05, 0.1) is 0 Å². The van der Waals surface area contributed by atoms with Gasteiger partial charge in [-0.2, -0.15) is 0 Å². The van der Waals surface area contributed by atoms with Gasteiger partial charge >= 0.3 is 0 Å². The molecule has 4 heteroatoms. The molecule has 2 heterocycles. The van der Waals surface area contributed by atoms with Crippen LogP contribution in [0.1, 0.15) is 24.4 Å². The highest BCUT2D eigenvalue weighted by atomic mass is 16.5. The van der Waals surface area contributed by atoms with Crippen molar-refractivity contribution in [2.24, 2.45) is 11.8 Å². The third-order valence-corrected chi connectivity index (χ3v) is 3.89. The summed E-state index contributed by atoms with van der Waals surface area (Å²) in [6.45, 7) is 1.72. The van der Waals surface area contributed by atoms with Crippen molar-refractivity contribution in [2.45, 2.75) is 18.9 Å². The zero-order valence-corrected chi connectivity index (χ0v) is 10.9. The molecule has 3 N–H and O–H groups in total. The Bertz CT molecular complexity index is 547. The zero-order valence-electron chi connectivity index (χ0n) is 10.9. The van der Waals surface area contributed by atoms with Gasteiger partial charge in [-0.15, -0.1) is 0 Å². The van der Waals surface area contributed by atoms with E-state index in [-0.39, 0.29) is 6.04 Å². The van der Waals surface area contributed by atoms with Crippen molar-refractivity contribution in [3.8, 4) is 0 Å². The maximum absolute atomic E-state index is 5.76. The van der Waals surface area contributed by atoms with Crippen LogP contribution >= 0.6 is 0 Å². The van der Waals surface area contributed by atoms with Crippen LogP contribution in [0.4, 0.5) is 0 Å². The molecule has 1 fully saturated rings. The summed E-state index contributed by atoms with van der Waals surface area (Å²) in [4.78, 5) is 4.23. The number of fused-ring (bicyclic) bond motifs is 1. The normalized spacial score (nSPS) is 20.8. The van der Waals surface area contributed by atoms with Gasteiger partial charge in [0, 0.05) is 37.0 Å². The monoisotopic (exact) mass is 257 g/mol. The van der Waals surface area contributed by atoms with Gasteiger partial charge in [0.1, 0.15) is 0 Å². The molecule has 0 saturated carbocycles. The Kier molecular flexibility index (Phi) is 3.73. The van der Waals surface area contributed by atoms with Gasteiger partial charge < -0.3 is 4.74 Å². The predicted octanol–water partition coefficient (Wildman–Crippen LogP) is 2.17. The molecule has 3 rings (SSSR count). The van der Waals surface area contributed by atoms with Crippen molar-refractivity contribution in [3.63, 3.8) is 0 Å². The Morgan fingerprint density at radius 3 is 3.16 bits per heavy atom. The van der Waals surface area contributed by atoms with Crippen LogP contribution in [0.2, 0.25) is 0 Å². The number of hydrogen-bond acceptors (Lipinski definition) is 4. The van der Waals surface area contributed by atoms with Gasteiger partial charge in [0.25, 0.3) is 0 Å². The van der Waals surface area contributed by atoms with E-state index in [1.807, 2.05) is 18.5 Å². The highest BCUT2D eigenvalue weighted by molar-refractivity contribution is 5.85. The maximum atomic E-state index is 5.76. The molecule has 1 aliphatic rings. The smallest absolute Gasteiger partial charge is 0.0495 e. The highest BCUT2D eigenvalue weighted by Gasteiger charge is 2.22. The van der Waals surface area contributed by atoms with Crippen LogP contribution in [0.5, 0.6) is 0 Å². The molecule has 4 nitrogen and oxygen atoms in total. The number of aromatic nitrogens is 1. The van der Waals surface area contributed by atoms with Crippen LogP contribution < -0.4 is 11.3 Å². The second-order valence-electron chi connectivity index (χ2n) is 5.13. The number of nitrogens with one attached hydrogen (secondary N) is 1. The number of benzene rings is 1. The summed E-state index contributed by atoms with van der Waals surface area (Å²) in [5.74, 6) is 6.35. The van der Waals surface area contributed by atoms with Gasteiger partial charge in [0.15, 0.2) is 0 Å². The van der Waals surface area contributed by atoms with Crippen molar-refractivity contribution < 1.29 is 4.74 Å². The lowest BCUT2D eigenvalue weighted by molar-refractivity contribution is 0.181. The van der Waals surface area contributed by atoms with Crippen LogP contribution in [0.25, 0.3) is 10.8 Å². The summed E-state index contributed by atoms with van der Waals surface area (Å²) in [5.41, 5.74) is 4.18. The third kappa shape index (κ3) is 2.61. The molecule has 1 saturated heterocycles. The summed E-state index contributed by atoms with van der Waals surface area (Å²) in [6.07, 6.45) is 5.87. The summed E-state index contributed by atoms with van der Waals surface area (Å²) in [7, 11) is 0. The fourth-order valence-corrected chi connectivity index (χ4v) is 2.83. The summed E-state index contributed by atoms with van der Waals surface area (Å²) in [6, 6.07) is 8.50. The first kappa shape index (κ1) is 12.5. The number of hydrazine groups is 1. The van der Waals surface area contributed by atoms with Crippen LogP contribution in [-0.2, 0) is 4.74 Å². The van der Waals surface area contributed by atoms with Gasteiger partial charge in [0.2, 0.25) is 0 Å². The SMILES string of the molecule is NNC(CC1CCOC1)c1cccc2ccncc12. The minimum absolute atomic E-state index is 0.152. The van der Waals surface area contributed by atoms with E-state index in [1.54, 1.807) is 0 Å². The van der Waals surface area contributed by atoms with Crippen molar-refractivity contribution >= 4 is 10.8 Å². The molecule has 0 radical (unpaired) electrons. The molecule has 0 bridgehead atoms. The molecule has 2 aromatic rings. The standard InChI is InChI=1S/C15H19N3O/c16-18-15(8-11-5-7-19-10-11)13-3-1-2-12-4-6-17-9-14(12)13/h1-4,6,9,11,15,18H,5,7-8,10,16H2. The lowest BCUT2D eigenvalue weighted by Gasteiger charge is -2.21. The zero-order chi connectivity index (χ0) is 13.1. The molecular weight excluding hydrogens is 238 g/mol. The lowest BCUT2D eigenvalue weighted by atomic mass is 9.92. The van der Waals surface area contributed by atoms with Crippen LogP contribution in [0.3, 0.4) is 0 Å². The molecule has 0 amide bonds. The summed E-state index contributed by atoms with van der Waals surface area (Å²) in [5, 5.41) is 2.38. The molecule has 1 aliphatic heterocycles. The fraction of sp³-hybridized carbons (Fsp3) is 0.400. The van der Waals surface area contributed by atoms with Crippen LogP contribution in [-0.4, -0.2) is 18.2 Å². The molecule has 2 unspecified atom stereocenters. The molecule has 100 valence electrons. The topological polar surface area (TPSA) is 60.2 Å². The quantitative estimate of drug-likeness (QED) is 0.651. The van der Waals surface area contributed by atoms with Gasteiger partial charge in [-0.3, -0.25) is 16.3 Å². The Morgan fingerprint density at radius 2 is 2.37 bits per heavy atom. The highest BCUT2D eigenvalue weighted by Crippen LogP contribution is 2.30. The molecule has 0 aliphatic carbocycles. The molecular formula is C15H19N3O. The molecule has 19 heavy (non-hydrogen) atoms. The first-order valence-corrected chi connectivity index (χ1v) is 6.75. The van der Waals surface area contributed by atoms with E-state index in [0.29, 0.717) is 5.92 Å². The predicted molar refractivity (Wildman–Crippen MR) is 75.4 cm³/mol. The van der Waals surface area contributed by atoms with Crippen molar-refractivity contribution in [3.05, 3.63) is 42.2 Å². The molecule has 0 spiro atoms. The number of rotatable bonds is 4. The van der Waals surface area contributed by atoms with E-state index < -0.39 is 0 Å². The van der Waals surface area contributed by atoms with Gasteiger partial charge in [-0.25, -0.2) is 0 Å². The van der Waals surface area contributed by atoms with Gasteiger partial charge in [-0.1, -0.05) is 18.2 Å². The Morgan fingerprint density at radius 1 is 1.42 bits per heavy atom. The molecule has 1 aromatic heterocycles. The summed E-state index contributed by atoms with van der Waals surface area (Å²) >= 11 is 0. The van der Waals surface area contributed by atoms with Crippen molar-refractivity contribution in [1.82, 2.24) is 10.4 Å². The number of pyridine rings is 1. The third-order valence-electron chi connectivity index (χ3n) is 3.89. The minimum atomic E-state index is 0.152. The average Bonchev–Trinajstić information content (AvgIpc) is 2.97. The number of nitrogens with two attached hydrogens (primary N) is 1. The van der Waals surface area contributed by atoms with E-state index in [2.05, 4.69) is 28.6 Å². The van der Waals surface area contributed by atoms with Crippen LogP contribution in [0.15, 0.2) is 36.7 Å².